The number of benzene rings is 1. The molecule has 0 spiro atoms. The van der Waals surface area contributed by atoms with Gasteiger partial charge >= 0.3 is 0 Å². The first-order valence-corrected chi connectivity index (χ1v) is 7.02. The van der Waals surface area contributed by atoms with Crippen molar-refractivity contribution >= 4 is 16.8 Å². The Balaban J connectivity index is 2.38. The predicted molar refractivity (Wildman–Crippen MR) is 84.8 cm³/mol. The van der Waals surface area contributed by atoms with Crippen molar-refractivity contribution in [3.05, 3.63) is 23.9 Å². The lowest BCUT2D eigenvalue weighted by Gasteiger charge is -2.23. The first-order chi connectivity index (χ1) is 10.5. The van der Waals surface area contributed by atoms with E-state index in [1.807, 2.05) is 13.0 Å². The van der Waals surface area contributed by atoms with Gasteiger partial charge in [0, 0.05) is 25.6 Å². The number of amides is 1. The van der Waals surface area contributed by atoms with E-state index in [9.17, 15) is 4.79 Å². The van der Waals surface area contributed by atoms with Crippen LogP contribution >= 0.6 is 0 Å². The molecule has 1 aromatic heterocycles. The topological polar surface area (TPSA) is 63.8 Å². The highest BCUT2D eigenvalue weighted by Gasteiger charge is 2.20. The summed E-state index contributed by atoms with van der Waals surface area (Å²) in [6, 6.07) is 5.44. The highest BCUT2D eigenvalue weighted by atomic mass is 16.5. The Morgan fingerprint density at radius 1 is 1.23 bits per heavy atom. The number of rotatable bonds is 6. The number of likely N-dealkylation sites (N-methyl/N-ethyl adjacent to an activating group) is 1. The van der Waals surface area contributed by atoms with Gasteiger partial charge in [0.05, 0.1) is 32.4 Å². The average molecular weight is 306 g/mol. The molecule has 0 saturated heterocycles. The summed E-state index contributed by atoms with van der Waals surface area (Å²) < 4.78 is 15.7. The molecule has 120 valence electrons. The van der Waals surface area contributed by atoms with Crippen LogP contribution in [0.2, 0.25) is 0 Å². The number of hydrogen-bond donors (Lipinski definition) is 1. The summed E-state index contributed by atoms with van der Waals surface area (Å²) in [6.45, 7) is 2.42. The number of fused-ring (bicyclic) bond motifs is 1. The van der Waals surface area contributed by atoms with Crippen molar-refractivity contribution in [1.29, 1.82) is 0 Å². The molecule has 1 heterocycles. The summed E-state index contributed by atoms with van der Waals surface area (Å²) >= 11 is 0. The monoisotopic (exact) mass is 306 g/mol. The van der Waals surface area contributed by atoms with Crippen LogP contribution in [0.4, 0.5) is 0 Å². The molecule has 1 N–H and O–H groups in total. The van der Waals surface area contributed by atoms with Crippen LogP contribution in [0, 0.1) is 0 Å². The molecule has 1 amide bonds. The number of aromatic nitrogens is 1. The number of H-pyrrole nitrogens is 1. The van der Waals surface area contributed by atoms with E-state index in [4.69, 9.17) is 14.2 Å². The van der Waals surface area contributed by atoms with Gasteiger partial charge in [-0.05, 0) is 19.1 Å². The Labute approximate surface area is 130 Å². The molecule has 0 bridgehead atoms. The van der Waals surface area contributed by atoms with Crippen molar-refractivity contribution in [2.45, 2.75) is 13.0 Å². The maximum Gasteiger partial charge on any atom is 0.270 e. The van der Waals surface area contributed by atoms with Crippen LogP contribution in [-0.2, 0) is 4.74 Å². The zero-order valence-electron chi connectivity index (χ0n) is 13.6. The van der Waals surface area contributed by atoms with Crippen LogP contribution in [0.3, 0.4) is 0 Å². The van der Waals surface area contributed by atoms with Gasteiger partial charge in [0.25, 0.3) is 5.91 Å². The summed E-state index contributed by atoms with van der Waals surface area (Å²) in [6.07, 6.45) is 0. The summed E-state index contributed by atoms with van der Waals surface area (Å²) in [5.74, 6) is 1.23. The van der Waals surface area contributed by atoms with Gasteiger partial charge in [0.15, 0.2) is 0 Å². The third-order valence-corrected chi connectivity index (χ3v) is 3.74. The van der Waals surface area contributed by atoms with E-state index < -0.39 is 0 Å². The van der Waals surface area contributed by atoms with Crippen LogP contribution in [-0.4, -0.2) is 56.8 Å². The standard InChI is InChI=1S/C16H22N2O4/c1-10(9-20-3)18(2)16(19)13-7-11-6-12(21-4)8-14(22-5)15(11)17-13/h6-8,10,17H,9H2,1-5H3/t10-/m0/s1. The maximum absolute atomic E-state index is 12.6. The molecule has 22 heavy (non-hydrogen) atoms. The second kappa shape index (κ2) is 6.70. The van der Waals surface area contributed by atoms with Gasteiger partial charge < -0.3 is 24.1 Å². The van der Waals surface area contributed by atoms with Gasteiger partial charge in [-0.15, -0.1) is 0 Å². The highest BCUT2D eigenvalue weighted by Crippen LogP contribution is 2.31. The molecule has 0 aliphatic rings. The molecular weight excluding hydrogens is 284 g/mol. The number of aromatic amines is 1. The van der Waals surface area contributed by atoms with E-state index in [1.54, 1.807) is 45.4 Å². The molecule has 2 aromatic rings. The lowest BCUT2D eigenvalue weighted by Crippen LogP contribution is -2.37. The molecule has 1 aromatic carbocycles. The first kappa shape index (κ1) is 16.2. The molecular formula is C16H22N2O4. The van der Waals surface area contributed by atoms with Crippen molar-refractivity contribution < 1.29 is 19.0 Å². The third kappa shape index (κ3) is 3.01. The Morgan fingerprint density at radius 2 is 1.95 bits per heavy atom. The summed E-state index contributed by atoms with van der Waals surface area (Å²) in [5, 5.41) is 0.868. The second-order valence-corrected chi connectivity index (χ2v) is 5.20. The molecule has 0 fully saturated rings. The van der Waals surface area contributed by atoms with Gasteiger partial charge in [0.2, 0.25) is 0 Å². The number of carbonyl (C=O) groups is 1. The molecule has 6 heteroatoms. The van der Waals surface area contributed by atoms with Crippen molar-refractivity contribution in [3.8, 4) is 11.5 Å². The van der Waals surface area contributed by atoms with E-state index in [1.165, 1.54) is 0 Å². The molecule has 1 atom stereocenters. The number of nitrogens with zero attached hydrogens (tertiary/aromatic N) is 1. The fourth-order valence-corrected chi connectivity index (χ4v) is 2.32. The fourth-order valence-electron chi connectivity index (χ4n) is 2.32. The third-order valence-electron chi connectivity index (χ3n) is 3.74. The second-order valence-electron chi connectivity index (χ2n) is 5.20. The first-order valence-electron chi connectivity index (χ1n) is 7.02. The minimum absolute atomic E-state index is 0.0136. The number of nitrogens with one attached hydrogen (secondary N) is 1. The molecule has 0 aliphatic carbocycles. The van der Waals surface area contributed by atoms with Gasteiger partial charge in [-0.3, -0.25) is 4.79 Å². The zero-order chi connectivity index (χ0) is 16.3. The fraction of sp³-hybridized carbons (Fsp3) is 0.438. The Hall–Kier alpha value is -2.21. The predicted octanol–water partition coefficient (Wildman–Crippen LogP) is 2.29. The zero-order valence-corrected chi connectivity index (χ0v) is 13.6. The van der Waals surface area contributed by atoms with E-state index in [0.717, 1.165) is 10.9 Å². The largest absolute Gasteiger partial charge is 0.497 e. The number of methoxy groups -OCH3 is 3. The van der Waals surface area contributed by atoms with Crippen molar-refractivity contribution in [2.75, 3.05) is 35.0 Å². The maximum atomic E-state index is 12.6. The molecule has 0 unspecified atom stereocenters. The molecule has 0 radical (unpaired) electrons. The van der Waals surface area contributed by atoms with Gasteiger partial charge in [0.1, 0.15) is 17.2 Å². The van der Waals surface area contributed by atoms with Gasteiger partial charge in [-0.2, -0.15) is 0 Å². The minimum atomic E-state index is -0.0956. The van der Waals surface area contributed by atoms with Crippen LogP contribution in [0.5, 0.6) is 11.5 Å². The van der Waals surface area contributed by atoms with Gasteiger partial charge in [-0.25, -0.2) is 0 Å². The average Bonchev–Trinajstić information content (AvgIpc) is 2.96. The van der Waals surface area contributed by atoms with Crippen LogP contribution in [0.25, 0.3) is 10.9 Å². The number of hydrogen-bond acceptors (Lipinski definition) is 4. The lowest BCUT2D eigenvalue weighted by atomic mass is 10.2. The summed E-state index contributed by atoms with van der Waals surface area (Å²) in [5.41, 5.74) is 1.28. The molecule has 6 nitrogen and oxygen atoms in total. The molecule has 0 saturated carbocycles. The highest BCUT2D eigenvalue weighted by molar-refractivity contribution is 5.99. The quantitative estimate of drug-likeness (QED) is 0.889. The summed E-state index contributed by atoms with van der Waals surface area (Å²) in [4.78, 5) is 17.3. The Bertz CT molecular complexity index is 665. The van der Waals surface area contributed by atoms with Crippen LogP contribution in [0.1, 0.15) is 17.4 Å². The Morgan fingerprint density at radius 3 is 2.55 bits per heavy atom. The molecule has 0 aliphatic heterocycles. The van der Waals surface area contributed by atoms with Crippen LogP contribution in [0.15, 0.2) is 18.2 Å². The van der Waals surface area contributed by atoms with E-state index in [0.29, 0.717) is 23.8 Å². The minimum Gasteiger partial charge on any atom is -0.497 e. The van der Waals surface area contributed by atoms with Crippen molar-refractivity contribution in [3.63, 3.8) is 0 Å². The van der Waals surface area contributed by atoms with Crippen molar-refractivity contribution in [1.82, 2.24) is 9.88 Å². The number of ether oxygens (including phenoxy) is 3. The van der Waals surface area contributed by atoms with E-state index in [2.05, 4.69) is 4.98 Å². The van der Waals surface area contributed by atoms with Crippen molar-refractivity contribution in [2.24, 2.45) is 0 Å². The van der Waals surface area contributed by atoms with Gasteiger partial charge in [-0.1, -0.05) is 0 Å². The lowest BCUT2D eigenvalue weighted by molar-refractivity contribution is 0.0629. The van der Waals surface area contributed by atoms with E-state index >= 15 is 0 Å². The SMILES string of the molecule is COC[C@H](C)N(C)C(=O)c1cc2cc(OC)cc(OC)c2[nH]1. The number of carbonyl (C=O) groups excluding carboxylic acids is 1. The Kier molecular flexibility index (Phi) is 4.92. The van der Waals surface area contributed by atoms with Crippen LogP contribution < -0.4 is 9.47 Å². The van der Waals surface area contributed by atoms with E-state index in [-0.39, 0.29) is 11.9 Å². The summed E-state index contributed by atoms with van der Waals surface area (Å²) in [7, 11) is 6.56. The normalized spacial score (nSPS) is 12.2. The smallest absolute Gasteiger partial charge is 0.270 e. The molecule has 2 rings (SSSR count).